The minimum Gasteiger partial charge on any atom is -0.481 e. The van der Waals surface area contributed by atoms with E-state index in [4.69, 9.17) is 5.11 Å². The second-order valence-corrected chi connectivity index (χ2v) is 4.60. The van der Waals surface area contributed by atoms with Crippen molar-refractivity contribution in [3.63, 3.8) is 0 Å². The van der Waals surface area contributed by atoms with E-state index >= 15 is 0 Å². The Morgan fingerprint density at radius 1 is 1.25 bits per heavy atom. The van der Waals surface area contributed by atoms with Crippen molar-refractivity contribution in [1.82, 2.24) is 4.98 Å². The Bertz CT molecular complexity index is 640. The predicted octanol–water partition coefficient (Wildman–Crippen LogP) is 3.60. The zero-order chi connectivity index (χ0) is 14.9. The number of aliphatic carboxylic acids is 1. The maximum atomic E-state index is 12.8. The second-order valence-electron chi connectivity index (χ2n) is 4.60. The molecule has 0 aliphatic carbocycles. The van der Waals surface area contributed by atoms with Crippen molar-refractivity contribution in [3.05, 3.63) is 42.2 Å². The van der Waals surface area contributed by atoms with Gasteiger partial charge in [-0.05, 0) is 11.5 Å². The summed E-state index contributed by atoms with van der Waals surface area (Å²) in [6.07, 6.45) is -3.19. The van der Waals surface area contributed by atoms with E-state index in [1.807, 2.05) is 0 Å². The molecule has 0 radical (unpaired) electrons. The standard InChI is InChI=1S/C14H12F3NO2/c1-8(14(15,16)17)12(13(19)20)11-6-9-4-2-3-5-10(9)7-18-11/h2-8,12H,1H3,(H,19,20)/t8-,12?/m1/s1. The highest BCUT2D eigenvalue weighted by Gasteiger charge is 2.45. The van der Waals surface area contributed by atoms with Gasteiger partial charge in [-0.15, -0.1) is 0 Å². The molecule has 0 saturated carbocycles. The maximum absolute atomic E-state index is 12.8. The number of alkyl halides is 3. The first-order chi connectivity index (χ1) is 9.30. The van der Waals surface area contributed by atoms with Crippen LogP contribution in [0, 0.1) is 5.92 Å². The highest BCUT2D eigenvalue weighted by molar-refractivity contribution is 5.84. The molecule has 6 heteroatoms. The molecule has 1 heterocycles. The van der Waals surface area contributed by atoms with Crippen molar-refractivity contribution in [2.24, 2.45) is 5.92 Å². The van der Waals surface area contributed by atoms with E-state index in [9.17, 15) is 18.0 Å². The quantitative estimate of drug-likeness (QED) is 0.936. The number of halogens is 3. The van der Waals surface area contributed by atoms with Gasteiger partial charge in [-0.3, -0.25) is 9.78 Å². The van der Waals surface area contributed by atoms with Crippen LogP contribution in [0.2, 0.25) is 0 Å². The smallest absolute Gasteiger partial charge is 0.392 e. The van der Waals surface area contributed by atoms with Crippen molar-refractivity contribution in [2.45, 2.75) is 19.0 Å². The molecule has 2 aromatic rings. The third kappa shape index (κ3) is 2.74. The van der Waals surface area contributed by atoms with Gasteiger partial charge < -0.3 is 5.11 Å². The molecule has 0 fully saturated rings. The minimum atomic E-state index is -4.59. The molecule has 0 aliphatic heterocycles. The lowest BCUT2D eigenvalue weighted by Gasteiger charge is -2.22. The molecule has 1 aromatic heterocycles. The molecule has 106 valence electrons. The van der Waals surface area contributed by atoms with Gasteiger partial charge >= 0.3 is 12.1 Å². The van der Waals surface area contributed by atoms with Gasteiger partial charge in [0.25, 0.3) is 0 Å². The van der Waals surface area contributed by atoms with Gasteiger partial charge in [0.1, 0.15) is 5.92 Å². The van der Waals surface area contributed by atoms with E-state index in [0.29, 0.717) is 5.39 Å². The first-order valence-corrected chi connectivity index (χ1v) is 5.95. The lowest BCUT2D eigenvalue weighted by molar-refractivity contribution is -0.184. The number of rotatable bonds is 3. The van der Waals surface area contributed by atoms with Crippen LogP contribution in [-0.4, -0.2) is 22.2 Å². The average Bonchev–Trinajstić information content (AvgIpc) is 2.37. The molecule has 0 aliphatic rings. The number of hydrogen-bond donors (Lipinski definition) is 1. The van der Waals surface area contributed by atoms with Gasteiger partial charge in [-0.1, -0.05) is 31.2 Å². The molecule has 2 atom stereocenters. The lowest BCUT2D eigenvalue weighted by atomic mass is 9.89. The van der Waals surface area contributed by atoms with Gasteiger partial charge in [0.2, 0.25) is 0 Å². The van der Waals surface area contributed by atoms with Crippen molar-refractivity contribution in [3.8, 4) is 0 Å². The number of hydrogen-bond acceptors (Lipinski definition) is 2. The third-order valence-corrected chi connectivity index (χ3v) is 3.25. The molecule has 2 rings (SSSR count). The monoisotopic (exact) mass is 283 g/mol. The summed E-state index contributed by atoms with van der Waals surface area (Å²) in [5.74, 6) is -5.24. The Balaban J connectivity index is 2.49. The fourth-order valence-corrected chi connectivity index (χ4v) is 2.06. The van der Waals surface area contributed by atoms with Crippen LogP contribution < -0.4 is 0 Å². The highest BCUT2D eigenvalue weighted by atomic mass is 19.4. The molecule has 20 heavy (non-hydrogen) atoms. The SMILES string of the molecule is C[C@H](C(C(=O)O)c1cc2ccccc2cn1)C(F)(F)F. The Morgan fingerprint density at radius 2 is 1.85 bits per heavy atom. The fourth-order valence-electron chi connectivity index (χ4n) is 2.06. The summed E-state index contributed by atoms with van der Waals surface area (Å²) in [5.41, 5.74) is -0.0824. The third-order valence-electron chi connectivity index (χ3n) is 3.25. The molecule has 3 nitrogen and oxygen atoms in total. The Hall–Kier alpha value is -2.11. The van der Waals surface area contributed by atoms with Crippen LogP contribution in [0.25, 0.3) is 10.8 Å². The summed E-state index contributed by atoms with van der Waals surface area (Å²) in [5, 5.41) is 10.5. The van der Waals surface area contributed by atoms with Crippen LogP contribution >= 0.6 is 0 Å². The zero-order valence-electron chi connectivity index (χ0n) is 10.6. The molecule has 0 saturated heterocycles. The van der Waals surface area contributed by atoms with Crippen LogP contribution in [0.3, 0.4) is 0 Å². The molecule has 0 spiro atoms. The largest absolute Gasteiger partial charge is 0.481 e. The molecule has 0 amide bonds. The van der Waals surface area contributed by atoms with Gasteiger partial charge in [0.05, 0.1) is 11.6 Å². The highest BCUT2D eigenvalue weighted by Crippen LogP contribution is 2.37. The molecule has 1 unspecified atom stereocenters. The number of benzene rings is 1. The lowest BCUT2D eigenvalue weighted by Crippen LogP contribution is -2.31. The number of pyridine rings is 1. The van der Waals surface area contributed by atoms with E-state index in [-0.39, 0.29) is 5.69 Å². The summed E-state index contributed by atoms with van der Waals surface area (Å²) in [6, 6.07) is 8.37. The fraction of sp³-hybridized carbons (Fsp3) is 0.286. The van der Waals surface area contributed by atoms with E-state index in [2.05, 4.69) is 4.98 Å². The Morgan fingerprint density at radius 3 is 2.40 bits per heavy atom. The molecular weight excluding hydrogens is 271 g/mol. The second kappa shape index (κ2) is 5.11. The van der Waals surface area contributed by atoms with E-state index < -0.39 is 24.0 Å². The maximum Gasteiger partial charge on any atom is 0.392 e. The summed E-state index contributed by atoms with van der Waals surface area (Å²) >= 11 is 0. The number of carbonyl (C=O) groups is 1. The zero-order valence-corrected chi connectivity index (χ0v) is 10.6. The topological polar surface area (TPSA) is 50.2 Å². The van der Waals surface area contributed by atoms with Crippen molar-refractivity contribution in [1.29, 1.82) is 0 Å². The van der Waals surface area contributed by atoms with Crippen LogP contribution in [0.15, 0.2) is 36.5 Å². The summed E-state index contributed by atoms with van der Waals surface area (Å²) in [6.45, 7) is 0.857. The Labute approximate surface area is 113 Å². The van der Waals surface area contributed by atoms with Crippen LogP contribution in [0.1, 0.15) is 18.5 Å². The summed E-state index contributed by atoms with van der Waals surface area (Å²) in [4.78, 5) is 15.1. The van der Waals surface area contributed by atoms with Crippen molar-refractivity contribution < 1.29 is 23.1 Å². The van der Waals surface area contributed by atoms with Crippen molar-refractivity contribution in [2.75, 3.05) is 0 Å². The van der Waals surface area contributed by atoms with Crippen LogP contribution in [0.4, 0.5) is 13.2 Å². The van der Waals surface area contributed by atoms with Gasteiger partial charge in [0.15, 0.2) is 0 Å². The van der Waals surface area contributed by atoms with Crippen LogP contribution in [-0.2, 0) is 4.79 Å². The number of carboxylic acid groups (broad SMARTS) is 1. The molecular formula is C14H12F3NO2. The number of nitrogens with zero attached hydrogens (tertiary/aromatic N) is 1. The van der Waals surface area contributed by atoms with E-state index in [1.54, 1.807) is 24.3 Å². The van der Waals surface area contributed by atoms with Crippen LogP contribution in [0.5, 0.6) is 0 Å². The van der Waals surface area contributed by atoms with Gasteiger partial charge in [0, 0.05) is 11.6 Å². The van der Waals surface area contributed by atoms with E-state index in [1.165, 1.54) is 12.3 Å². The first kappa shape index (κ1) is 14.3. The number of fused-ring (bicyclic) bond motifs is 1. The predicted molar refractivity (Wildman–Crippen MR) is 67.3 cm³/mol. The first-order valence-electron chi connectivity index (χ1n) is 5.95. The number of carboxylic acids is 1. The van der Waals surface area contributed by atoms with E-state index in [0.717, 1.165) is 12.3 Å². The molecule has 0 bridgehead atoms. The normalized spacial score (nSPS) is 15.0. The Kier molecular flexibility index (Phi) is 3.65. The summed E-state index contributed by atoms with van der Waals surface area (Å²) in [7, 11) is 0. The number of aromatic nitrogens is 1. The van der Waals surface area contributed by atoms with Gasteiger partial charge in [-0.2, -0.15) is 13.2 Å². The van der Waals surface area contributed by atoms with Crippen molar-refractivity contribution >= 4 is 16.7 Å². The molecule has 1 N–H and O–H groups in total. The molecule has 1 aromatic carbocycles. The minimum absolute atomic E-state index is 0.0824. The average molecular weight is 283 g/mol. The summed E-state index contributed by atoms with van der Waals surface area (Å²) < 4.78 is 38.3. The van der Waals surface area contributed by atoms with Gasteiger partial charge in [-0.25, -0.2) is 0 Å².